The lowest BCUT2D eigenvalue weighted by molar-refractivity contribution is 0.477. The zero-order valence-corrected chi connectivity index (χ0v) is 72.7. The van der Waals surface area contributed by atoms with Crippen molar-refractivity contribution in [2.45, 2.75) is 0 Å². The van der Waals surface area contributed by atoms with Gasteiger partial charge in [-0.2, -0.15) is 0 Å². The molecule has 17 nitrogen and oxygen atoms in total. The van der Waals surface area contributed by atoms with Crippen LogP contribution in [0.2, 0.25) is 0 Å². The molecular formula is C117H72N12O5S. The Hall–Kier alpha value is -18.4. The van der Waals surface area contributed by atoms with E-state index in [0.29, 0.717) is 52.4 Å². The molecule has 0 amide bonds. The SMILES string of the molecule is c1ccc(-c2nc(-c3ccc(N4c5ccccc5Oc5ccccc54)cc3)nc(-c3ccc4oc5ccccc5c4c3)n2)cc1.c1ccc(-c2nc(-c3ccc(N4c5ccccc5Oc5ccccc54)cc3)nc(-c3ccc4sc5ccccc5c4c3)n2)cc1.c1ccc(-c2nc(-c3ccc(N4c5ccccc5Oc5ccccc54)cc3)nc(-c3cccc4c3oc3ccccc34)n2)cc1. The normalized spacial score (nSPS) is 12.1. The molecule has 6 aromatic heterocycles. The Morgan fingerprint density at radius 1 is 0.178 bits per heavy atom. The summed E-state index contributed by atoms with van der Waals surface area (Å²) in [5, 5.41) is 6.65. The van der Waals surface area contributed by atoms with E-state index in [1.54, 1.807) is 11.3 Å². The average molecular weight is 1760 g/mol. The smallest absolute Gasteiger partial charge is 0.167 e. The first-order valence-corrected chi connectivity index (χ1v) is 45.2. The Labute approximate surface area is 777 Å². The number of hydrogen-bond donors (Lipinski definition) is 0. The fourth-order valence-corrected chi connectivity index (χ4v) is 19.0. The Morgan fingerprint density at radius 3 is 0.852 bits per heavy atom. The van der Waals surface area contributed by atoms with E-state index in [1.807, 2.05) is 261 Å². The predicted molar refractivity (Wildman–Crippen MR) is 540 cm³/mol. The van der Waals surface area contributed by atoms with Gasteiger partial charge in [0.2, 0.25) is 0 Å². The molecule has 3 aliphatic rings. The van der Waals surface area contributed by atoms with Crippen LogP contribution in [0, 0.1) is 0 Å². The molecule has 0 saturated carbocycles. The number of thiophene rings is 1. The second-order valence-electron chi connectivity index (χ2n) is 32.7. The van der Waals surface area contributed by atoms with Gasteiger partial charge in [-0.1, -0.05) is 231 Å². The highest BCUT2D eigenvalue weighted by atomic mass is 32.1. The largest absolute Gasteiger partial charge is 0.456 e. The van der Waals surface area contributed by atoms with Crippen LogP contribution in [-0.2, 0) is 0 Å². The van der Waals surface area contributed by atoms with Crippen LogP contribution in [0.3, 0.4) is 0 Å². The van der Waals surface area contributed by atoms with E-state index in [4.69, 9.17) is 67.9 Å². The number of rotatable bonds is 12. The van der Waals surface area contributed by atoms with Crippen LogP contribution in [0.25, 0.3) is 167 Å². The molecule has 9 heterocycles. The quantitative estimate of drug-likeness (QED) is 0.113. The lowest BCUT2D eigenvalue weighted by Gasteiger charge is -2.32. The number of aromatic nitrogens is 9. The van der Waals surface area contributed by atoms with Crippen molar-refractivity contribution >= 4 is 127 Å². The first kappa shape index (κ1) is 78.8. The summed E-state index contributed by atoms with van der Waals surface area (Å²) in [6.07, 6.45) is 0. The molecule has 27 rings (SSSR count). The molecule has 636 valence electrons. The number of hydrogen-bond acceptors (Lipinski definition) is 18. The fraction of sp³-hybridized carbons (Fsp3) is 0. The number of ether oxygens (including phenoxy) is 3. The Bertz CT molecular complexity index is 8210. The van der Waals surface area contributed by atoms with Gasteiger partial charge in [0.1, 0.15) is 22.3 Å². The van der Waals surface area contributed by atoms with Crippen LogP contribution in [0.1, 0.15) is 0 Å². The summed E-state index contributed by atoms with van der Waals surface area (Å²) in [7, 11) is 0. The lowest BCUT2D eigenvalue weighted by atomic mass is 10.1. The maximum Gasteiger partial charge on any atom is 0.167 e. The number of anilines is 9. The molecule has 0 spiro atoms. The van der Waals surface area contributed by atoms with Gasteiger partial charge in [0, 0.05) is 103 Å². The van der Waals surface area contributed by atoms with Crippen LogP contribution in [0.4, 0.5) is 51.2 Å². The molecule has 0 N–H and O–H groups in total. The summed E-state index contributed by atoms with van der Waals surface area (Å²) < 4.78 is 33.6. The van der Waals surface area contributed by atoms with Crippen molar-refractivity contribution in [1.82, 2.24) is 44.9 Å². The molecule has 0 bridgehead atoms. The van der Waals surface area contributed by atoms with Crippen molar-refractivity contribution < 1.29 is 23.0 Å². The van der Waals surface area contributed by atoms with Crippen molar-refractivity contribution in [2.75, 3.05) is 14.7 Å². The number of benzene rings is 18. The van der Waals surface area contributed by atoms with Crippen LogP contribution in [-0.4, -0.2) is 44.9 Å². The Morgan fingerprint density at radius 2 is 0.452 bits per heavy atom. The van der Waals surface area contributed by atoms with Crippen LogP contribution in [0.5, 0.6) is 34.5 Å². The predicted octanol–water partition coefficient (Wildman–Crippen LogP) is 31.5. The molecule has 135 heavy (non-hydrogen) atoms. The van der Waals surface area contributed by atoms with Gasteiger partial charge in [-0.3, -0.25) is 0 Å². The van der Waals surface area contributed by atoms with Gasteiger partial charge in [0.05, 0.1) is 39.7 Å². The topological polar surface area (TPSA) is 180 Å². The third-order valence-corrected chi connectivity index (χ3v) is 25.5. The van der Waals surface area contributed by atoms with E-state index in [9.17, 15) is 0 Å². The highest BCUT2D eigenvalue weighted by Crippen LogP contribution is 2.55. The monoisotopic (exact) mass is 1760 g/mol. The third-order valence-electron chi connectivity index (χ3n) is 24.4. The van der Waals surface area contributed by atoms with Crippen molar-refractivity contribution in [1.29, 1.82) is 0 Å². The van der Waals surface area contributed by atoms with E-state index in [2.05, 4.69) is 191 Å². The van der Waals surface area contributed by atoms with Gasteiger partial charge in [-0.05, 0) is 206 Å². The molecule has 24 aromatic rings. The van der Waals surface area contributed by atoms with E-state index in [1.165, 1.54) is 20.2 Å². The fourth-order valence-electron chi connectivity index (χ4n) is 17.9. The second kappa shape index (κ2) is 33.6. The molecule has 0 radical (unpaired) electrons. The highest BCUT2D eigenvalue weighted by Gasteiger charge is 2.31. The summed E-state index contributed by atoms with van der Waals surface area (Å²) in [5.41, 5.74) is 20.4. The standard InChI is InChI=1S/2C39H24N4O2.C39H24N4OS/c1-2-11-25(12-3-1)37-40-38(42-39(41-37)30-15-10-14-29-28-13-4-7-18-33(28)45-36(29)30)26-21-23-27(24-22-26)43-31-16-5-8-19-34(31)44-35-20-9-6-17-32(35)43;1-2-10-25(11-3-1)37-40-38(42-39(41-37)27-20-23-34-30(24-27)29-12-4-7-15-33(29)44-34)26-18-21-28(22-19-26)43-31-13-5-8-16-35(31)45-36-17-9-6-14-32(36)43;1-2-10-25(11-3-1)37-40-38(42-39(41-37)27-20-23-36-30(24-27)29-12-4-9-17-35(29)45-36)26-18-21-28(22-19-26)43-31-13-5-7-15-33(31)44-34-16-8-6-14-32(34)43/h3*1-24H. The zero-order valence-electron chi connectivity index (χ0n) is 71.9. The highest BCUT2D eigenvalue weighted by molar-refractivity contribution is 7.25. The van der Waals surface area contributed by atoms with Crippen LogP contribution < -0.4 is 28.9 Å². The number of fused-ring (bicyclic) bond motifs is 15. The maximum atomic E-state index is 6.35. The molecular weight excluding hydrogens is 1690 g/mol. The van der Waals surface area contributed by atoms with Gasteiger partial charge in [-0.25, -0.2) is 44.9 Å². The van der Waals surface area contributed by atoms with Crippen molar-refractivity contribution in [2.24, 2.45) is 0 Å². The van der Waals surface area contributed by atoms with Crippen molar-refractivity contribution in [3.8, 4) is 137 Å². The lowest BCUT2D eigenvalue weighted by Crippen LogP contribution is -2.15. The number of furan rings is 2. The number of nitrogens with zero attached hydrogens (tertiary/aromatic N) is 12. The summed E-state index contributed by atoms with van der Waals surface area (Å²) in [4.78, 5) is 51.4. The molecule has 0 unspecified atom stereocenters. The van der Waals surface area contributed by atoms with Crippen molar-refractivity contribution in [3.05, 3.63) is 437 Å². The molecule has 0 atom stereocenters. The Kier molecular flexibility index (Phi) is 19.6. The van der Waals surface area contributed by atoms with E-state index in [-0.39, 0.29) is 0 Å². The molecule has 0 saturated heterocycles. The van der Waals surface area contributed by atoms with E-state index < -0.39 is 0 Å². The minimum atomic E-state index is 0.559. The molecule has 0 fully saturated rings. The minimum absolute atomic E-state index is 0.559. The first-order valence-electron chi connectivity index (χ1n) is 44.3. The summed E-state index contributed by atoms with van der Waals surface area (Å²) in [6, 6.07) is 147. The minimum Gasteiger partial charge on any atom is -0.456 e. The molecule has 3 aliphatic heterocycles. The van der Waals surface area contributed by atoms with Gasteiger partial charge in [0.25, 0.3) is 0 Å². The first-order chi connectivity index (χ1) is 66.9. The third kappa shape index (κ3) is 14.7. The Balaban J connectivity index is 0.000000108. The van der Waals surface area contributed by atoms with Crippen LogP contribution in [0.15, 0.2) is 446 Å². The van der Waals surface area contributed by atoms with Gasteiger partial charge in [-0.15, -0.1) is 11.3 Å². The van der Waals surface area contributed by atoms with Gasteiger partial charge >= 0.3 is 0 Å². The van der Waals surface area contributed by atoms with E-state index in [0.717, 1.165) is 180 Å². The molecule has 0 aliphatic carbocycles. The summed E-state index contributed by atoms with van der Waals surface area (Å²) in [6.45, 7) is 0. The maximum absolute atomic E-state index is 6.35. The summed E-state index contributed by atoms with van der Waals surface area (Å²) >= 11 is 1.81. The van der Waals surface area contributed by atoms with Gasteiger partial charge in [0.15, 0.2) is 86.9 Å². The molecule has 18 heteroatoms. The average Bonchev–Trinajstić information content (AvgIpc) is 1.75. The van der Waals surface area contributed by atoms with E-state index >= 15 is 0 Å². The molecule has 18 aromatic carbocycles. The summed E-state index contributed by atoms with van der Waals surface area (Å²) in [5.74, 6) is 10.4. The second-order valence-corrected chi connectivity index (χ2v) is 33.8. The van der Waals surface area contributed by atoms with Crippen LogP contribution >= 0.6 is 11.3 Å². The van der Waals surface area contributed by atoms with Crippen molar-refractivity contribution in [3.63, 3.8) is 0 Å². The van der Waals surface area contributed by atoms with Gasteiger partial charge < -0.3 is 37.7 Å². The zero-order chi connectivity index (χ0) is 89.2. The number of para-hydroxylation sites is 15.